The molecule has 1 heterocycles. The summed E-state index contributed by atoms with van der Waals surface area (Å²) in [6, 6.07) is 5.00. The van der Waals surface area contributed by atoms with E-state index in [0.717, 1.165) is 5.69 Å². The third-order valence-electron chi connectivity index (χ3n) is 1.99. The van der Waals surface area contributed by atoms with Crippen LogP contribution in [-0.4, -0.2) is 18.7 Å². The number of halogens is 2. The van der Waals surface area contributed by atoms with Crippen LogP contribution in [0.4, 0.5) is 11.4 Å². The normalized spacial score (nSPS) is 13.0. The predicted molar refractivity (Wildman–Crippen MR) is 63.6 cm³/mol. The van der Waals surface area contributed by atoms with Crippen LogP contribution < -0.4 is 10.2 Å². The van der Waals surface area contributed by atoms with Gasteiger partial charge in [0.15, 0.2) is 0 Å². The number of rotatable bonds is 1. The minimum absolute atomic E-state index is 0. The van der Waals surface area contributed by atoms with Gasteiger partial charge in [0.1, 0.15) is 0 Å². The number of hydrogen-bond donors (Lipinski definition) is 1. The minimum atomic E-state index is -0.463. The van der Waals surface area contributed by atoms with Gasteiger partial charge >= 0.3 is 0 Å². The quantitative estimate of drug-likeness (QED) is 0.769. The summed E-state index contributed by atoms with van der Waals surface area (Å²) >= 11 is 5.91. The fourth-order valence-corrected chi connectivity index (χ4v) is 1.50. The van der Waals surface area contributed by atoms with Crippen molar-refractivity contribution in [2.24, 2.45) is 10.7 Å². The Morgan fingerprint density at radius 2 is 2.27 bits per heavy atom. The highest BCUT2D eigenvalue weighted by Gasteiger charge is 2.13. The molecule has 0 aromatic heterocycles. The van der Waals surface area contributed by atoms with Crippen LogP contribution in [-0.2, 0) is 0 Å². The third-order valence-corrected chi connectivity index (χ3v) is 2.31. The molecule has 2 rings (SSSR count). The van der Waals surface area contributed by atoms with E-state index < -0.39 is 5.91 Å². The molecule has 15 heavy (non-hydrogen) atoms. The van der Waals surface area contributed by atoms with Gasteiger partial charge in [0.2, 0.25) is 5.91 Å². The molecular weight excluding hydrogens is 237 g/mol. The number of nitrogens with zero attached hydrogens (tertiary/aromatic N) is 2. The SMILES string of the molecule is Cl.NC(=O)c1ccc2c(c1)N=CCN2Cl. The molecule has 0 bridgehead atoms. The maximum atomic E-state index is 10.9. The zero-order valence-electron chi connectivity index (χ0n) is 7.68. The fraction of sp³-hybridized carbons (Fsp3) is 0.111. The molecule has 0 radical (unpaired) electrons. The molecular formula is C9H9Cl2N3O. The average Bonchev–Trinajstić information content (AvgIpc) is 2.17. The number of carbonyl (C=O) groups is 1. The van der Waals surface area contributed by atoms with Crippen LogP contribution in [0.25, 0.3) is 0 Å². The third kappa shape index (κ3) is 2.22. The van der Waals surface area contributed by atoms with Crippen molar-refractivity contribution in [3.05, 3.63) is 23.8 Å². The van der Waals surface area contributed by atoms with Gasteiger partial charge in [0.05, 0.1) is 17.9 Å². The molecule has 1 aliphatic heterocycles. The molecule has 0 saturated carbocycles. The molecule has 0 saturated heterocycles. The summed E-state index contributed by atoms with van der Waals surface area (Å²) < 4.78 is 1.53. The van der Waals surface area contributed by atoms with Gasteiger partial charge in [-0.3, -0.25) is 14.2 Å². The first-order chi connectivity index (χ1) is 6.68. The fourth-order valence-electron chi connectivity index (χ4n) is 1.29. The smallest absolute Gasteiger partial charge is 0.248 e. The van der Waals surface area contributed by atoms with Crippen LogP contribution in [0.3, 0.4) is 0 Å². The number of amides is 1. The standard InChI is InChI=1S/C9H8ClN3O.ClH/c10-13-4-3-12-7-5-6(9(11)14)1-2-8(7)13;/h1-3,5H,4H2,(H2,11,14);1H. The predicted octanol–water partition coefficient (Wildman–Crippen LogP) is 1.88. The lowest BCUT2D eigenvalue weighted by Crippen LogP contribution is -2.17. The minimum Gasteiger partial charge on any atom is -0.366 e. The molecule has 2 N–H and O–H groups in total. The van der Waals surface area contributed by atoms with Gasteiger partial charge in [0, 0.05) is 23.6 Å². The number of primary amides is 1. The van der Waals surface area contributed by atoms with Gasteiger partial charge in [-0.2, -0.15) is 0 Å². The summed E-state index contributed by atoms with van der Waals surface area (Å²) in [6.07, 6.45) is 1.68. The van der Waals surface area contributed by atoms with Crippen molar-refractivity contribution >= 4 is 47.7 Å². The first-order valence-corrected chi connectivity index (χ1v) is 4.42. The maximum absolute atomic E-state index is 10.9. The van der Waals surface area contributed by atoms with Crippen LogP contribution in [0, 0.1) is 0 Å². The highest BCUT2D eigenvalue weighted by Crippen LogP contribution is 2.32. The molecule has 0 unspecified atom stereocenters. The van der Waals surface area contributed by atoms with E-state index in [4.69, 9.17) is 17.5 Å². The van der Waals surface area contributed by atoms with Crippen LogP contribution >= 0.6 is 24.2 Å². The van der Waals surface area contributed by atoms with Crippen molar-refractivity contribution < 1.29 is 4.79 Å². The molecule has 4 nitrogen and oxygen atoms in total. The van der Waals surface area contributed by atoms with Crippen molar-refractivity contribution in [1.82, 2.24) is 0 Å². The molecule has 1 aromatic carbocycles. The van der Waals surface area contributed by atoms with Gasteiger partial charge in [-0.25, -0.2) is 0 Å². The van der Waals surface area contributed by atoms with E-state index in [9.17, 15) is 4.79 Å². The number of nitrogens with two attached hydrogens (primary N) is 1. The summed E-state index contributed by atoms with van der Waals surface area (Å²) in [5.74, 6) is -0.463. The van der Waals surface area contributed by atoms with Crippen molar-refractivity contribution in [2.75, 3.05) is 11.0 Å². The topological polar surface area (TPSA) is 58.7 Å². The Labute approximate surface area is 98.2 Å². The number of anilines is 1. The van der Waals surface area contributed by atoms with E-state index in [1.807, 2.05) is 0 Å². The molecule has 1 amide bonds. The number of fused-ring (bicyclic) bond motifs is 1. The summed E-state index contributed by atoms with van der Waals surface area (Å²) in [6.45, 7) is 0.560. The Balaban J connectivity index is 0.00000112. The molecule has 0 spiro atoms. The lowest BCUT2D eigenvalue weighted by Gasteiger charge is -2.19. The monoisotopic (exact) mass is 245 g/mol. The second kappa shape index (κ2) is 4.51. The summed E-state index contributed by atoms with van der Waals surface area (Å²) in [5.41, 5.74) is 7.04. The second-order valence-corrected chi connectivity index (χ2v) is 3.33. The molecule has 1 aliphatic rings. The number of benzene rings is 1. The summed E-state index contributed by atoms with van der Waals surface area (Å²) in [4.78, 5) is 15.0. The van der Waals surface area contributed by atoms with E-state index in [1.54, 1.807) is 24.4 Å². The largest absolute Gasteiger partial charge is 0.366 e. The van der Waals surface area contributed by atoms with Crippen LogP contribution in [0.5, 0.6) is 0 Å². The highest BCUT2D eigenvalue weighted by atomic mass is 35.5. The van der Waals surface area contributed by atoms with Gasteiger partial charge in [-0.1, -0.05) is 0 Å². The van der Waals surface area contributed by atoms with E-state index in [0.29, 0.717) is 17.8 Å². The zero-order valence-corrected chi connectivity index (χ0v) is 9.26. The van der Waals surface area contributed by atoms with E-state index in [-0.39, 0.29) is 12.4 Å². The van der Waals surface area contributed by atoms with Gasteiger partial charge in [-0.15, -0.1) is 12.4 Å². The lowest BCUT2D eigenvalue weighted by atomic mass is 10.1. The first-order valence-electron chi connectivity index (χ1n) is 4.08. The number of aliphatic imine (C=N–C) groups is 1. The molecule has 6 heteroatoms. The molecule has 0 aliphatic carbocycles. The van der Waals surface area contributed by atoms with Crippen molar-refractivity contribution in [2.45, 2.75) is 0 Å². The molecule has 0 fully saturated rings. The average molecular weight is 246 g/mol. The van der Waals surface area contributed by atoms with Crippen molar-refractivity contribution in [1.29, 1.82) is 0 Å². The Bertz CT molecular complexity index is 420. The highest BCUT2D eigenvalue weighted by molar-refractivity contribution is 6.28. The molecule has 1 aromatic rings. The van der Waals surface area contributed by atoms with Crippen molar-refractivity contribution in [3.8, 4) is 0 Å². The zero-order chi connectivity index (χ0) is 10.1. The Hall–Kier alpha value is -1.26. The van der Waals surface area contributed by atoms with E-state index in [2.05, 4.69) is 4.99 Å². The summed E-state index contributed by atoms with van der Waals surface area (Å²) in [5, 5.41) is 0. The second-order valence-electron chi connectivity index (χ2n) is 2.92. The van der Waals surface area contributed by atoms with Gasteiger partial charge < -0.3 is 5.73 Å². The lowest BCUT2D eigenvalue weighted by molar-refractivity contribution is 0.100. The number of hydrogen-bond acceptors (Lipinski definition) is 3. The van der Waals surface area contributed by atoms with Crippen LogP contribution in [0.1, 0.15) is 10.4 Å². The van der Waals surface area contributed by atoms with Crippen LogP contribution in [0.2, 0.25) is 0 Å². The van der Waals surface area contributed by atoms with Gasteiger partial charge in [0.25, 0.3) is 0 Å². The first kappa shape index (κ1) is 11.8. The molecule has 0 atom stereocenters. The Kier molecular flexibility index (Phi) is 3.55. The van der Waals surface area contributed by atoms with E-state index in [1.165, 1.54) is 4.42 Å². The van der Waals surface area contributed by atoms with Gasteiger partial charge in [-0.05, 0) is 18.2 Å². The Morgan fingerprint density at radius 1 is 1.53 bits per heavy atom. The van der Waals surface area contributed by atoms with Crippen LogP contribution in [0.15, 0.2) is 23.2 Å². The van der Waals surface area contributed by atoms with E-state index >= 15 is 0 Å². The Morgan fingerprint density at radius 3 is 2.93 bits per heavy atom. The maximum Gasteiger partial charge on any atom is 0.248 e. The number of carbonyl (C=O) groups excluding carboxylic acids is 1. The molecule has 80 valence electrons. The summed E-state index contributed by atoms with van der Waals surface area (Å²) in [7, 11) is 0. The van der Waals surface area contributed by atoms with Crippen molar-refractivity contribution in [3.63, 3.8) is 0 Å².